The summed E-state index contributed by atoms with van der Waals surface area (Å²) in [6.45, 7) is -0.0941. The minimum absolute atomic E-state index is 0.0941. The van der Waals surface area contributed by atoms with Crippen LogP contribution in [-0.4, -0.2) is 23.7 Å². The van der Waals surface area contributed by atoms with Gasteiger partial charge in [0, 0.05) is 5.02 Å². The molecule has 0 aliphatic heterocycles. The van der Waals surface area contributed by atoms with Crippen molar-refractivity contribution in [3.63, 3.8) is 0 Å². The lowest BCUT2D eigenvalue weighted by molar-refractivity contribution is -0.121. The summed E-state index contributed by atoms with van der Waals surface area (Å²) in [6, 6.07) is 16.7. The number of benzene rings is 2. The Bertz CT molecular complexity index is 586. The smallest absolute Gasteiger partial charge is 0.224 e. The molecule has 0 spiro atoms. The summed E-state index contributed by atoms with van der Waals surface area (Å²) < 4.78 is 0. The predicted octanol–water partition coefficient (Wildman–Crippen LogP) is 2.60. The summed E-state index contributed by atoms with van der Waals surface area (Å²) in [4.78, 5) is 12.0. The molecule has 2 rings (SSSR count). The Balaban J connectivity index is 1.92. The molecule has 2 aromatic carbocycles. The fraction of sp³-hybridized carbons (Fsp3) is 0.235. The molecule has 1 unspecified atom stereocenters. The Morgan fingerprint density at radius 3 is 2.43 bits per heavy atom. The van der Waals surface area contributed by atoms with Gasteiger partial charge < -0.3 is 10.4 Å². The molecule has 4 heteroatoms. The monoisotopic (exact) mass is 303 g/mol. The number of carbonyl (C=O) groups is 1. The van der Waals surface area contributed by atoms with Crippen LogP contribution in [0.2, 0.25) is 5.02 Å². The summed E-state index contributed by atoms with van der Waals surface area (Å²) >= 11 is 6.04. The molecule has 2 aromatic rings. The predicted molar refractivity (Wildman–Crippen MR) is 84.3 cm³/mol. The first kappa shape index (κ1) is 15.5. The molecular formula is C17H18ClNO2. The van der Waals surface area contributed by atoms with E-state index in [1.54, 1.807) is 6.07 Å². The van der Waals surface area contributed by atoms with Gasteiger partial charge in [0.15, 0.2) is 0 Å². The van der Waals surface area contributed by atoms with E-state index < -0.39 is 0 Å². The van der Waals surface area contributed by atoms with Gasteiger partial charge in [-0.25, -0.2) is 0 Å². The fourth-order valence-corrected chi connectivity index (χ4v) is 2.36. The highest BCUT2D eigenvalue weighted by Crippen LogP contribution is 2.15. The summed E-state index contributed by atoms with van der Waals surface area (Å²) in [5.74, 6) is -0.141. The summed E-state index contributed by atoms with van der Waals surface area (Å²) in [5, 5.41) is 12.8. The Hall–Kier alpha value is -1.84. The van der Waals surface area contributed by atoms with Crippen LogP contribution in [0.1, 0.15) is 11.1 Å². The summed E-state index contributed by atoms with van der Waals surface area (Å²) in [5.41, 5.74) is 1.86. The van der Waals surface area contributed by atoms with E-state index in [1.165, 1.54) is 0 Å². The molecule has 110 valence electrons. The van der Waals surface area contributed by atoms with Gasteiger partial charge in [0.2, 0.25) is 5.91 Å². The molecule has 0 fully saturated rings. The zero-order valence-electron chi connectivity index (χ0n) is 11.6. The molecular weight excluding hydrogens is 286 g/mol. The molecule has 2 N–H and O–H groups in total. The number of aliphatic hydroxyl groups is 1. The van der Waals surface area contributed by atoms with Crippen LogP contribution in [0, 0.1) is 0 Å². The second-order valence-corrected chi connectivity index (χ2v) is 5.31. The van der Waals surface area contributed by atoms with E-state index in [2.05, 4.69) is 5.32 Å². The Kier molecular flexibility index (Phi) is 5.78. The second-order valence-electron chi connectivity index (χ2n) is 4.90. The first-order valence-corrected chi connectivity index (χ1v) is 7.24. The van der Waals surface area contributed by atoms with Gasteiger partial charge in [0.25, 0.3) is 0 Å². The number of nitrogens with one attached hydrogen (secondary N) is 1. The maximum atomic E-state index is 12.0. The number of amides is 1. The third-order valence-corrected chi connectivity index (χ3v) is 3.59. The van der Waals surface area contributed by atoms with Gasteiger partial charge >= 0.3 is 0 Å². The highest BCUT2D eigenvalue weighted by molar-refractivity contribution is 6.31. The van der Waals surface area contributed by atoms with E-state index in [1.807, 2.05) is 48.5 Å². The van der Waals surface area contributed by atoms with E-state index in [0.717, 1.165) is 11.1 Å². The summed E-state index contributed by atoms with van der Waals surface area (Å²) in [6.07, 6.45) is 0.816. The molecule has 0 saturated heterocycles. The number of carbonyl (C=O) groups excluding carboxylic acids is 1. The van der Waals surface area contributed by atoms with Crippen molar-refractivity contribution in [2.24, 2.45) is 0 Å². The lowest BCUT2D eigenvalue weighted by Crippen LogP contribution is -2.39. The van der Waals surface area contributed by atoms with Crippen molar-refractivity contribution >= 4 is 17.5 Å². The van der Waals surface area contributed by atoms with E-state index >= 15 is 0 Å². The van der Waals surface area contributed by atoms with Crippen molar-refractivity contribution < 1.29 is 9.90 Å². The third-order valence-electron chi connectivity index (χ3n) is 3.22. The number of hydrogen-bond donors (Lipinski definition) is 2. The zero-order valence-corrected chi connectivity index (χ0v) is 12.4. The van der Waals surface area contributed by atoms with Crippen LogP contribution >= 0.6 is 11.6 Å². The van der Waals surface area contributed by atoms with Crippen LogP contribution in [0.3, 0.4) is 0 Å². The molecule has 0 radical (unpaired) electrons. The molecule has 1 amide bonds. The van der Waals surface area contributed by atoms with Gasteiger partial charge in [0.05, 0.1) is 19.1 Å². The van der Waals surface area contributed by atoms with E-state index in [4.69, 9.17) is 11.6 Å². The average Bonchev–Trinajstić information content (AvgIpc) is 2.50. The topological polar surface area (TPSA) is 49.3 Å². The SMILES string of the molecule is O=C(Cc1ccccc1Cl)NC(CO)Cc1ccccc1. The molecule has 0 bridgehead atoms. The largest absolute Gasteiger partial charge is 0.394 e. The Morgan fingerprint density at radius 2 is 1.76 bits per heavy atom. The molecule has 3 nitrogen and oxygen atoms in total. The van der Waals surface area contributed by atoms with Crippen LogP contribution < -0.4 is 5.32 Å². The lowest BCUT2D eigenvalue weighted by Gasteiger charge is -2.16. The molecule has 0 heterocycles. The first-order chi connectivity index (χ1) is 10.2. The molecule has 0 aromatic heterocycles. The molecule has 1 atom stereocenters. The standard InChI is InChI=1S/C17H18ClNO2/c18-16-9-5-4-8-14(16)11-17(21)19-15(12-20)10-13-6-2-1-3-7-13/h1-9,15,20H,10-12H2,(H,19,21). The number of hydrogen-bond acceptors (Lipinski definition) is 2. The van der Waals surface area contributed by atoms with Crippen LogP contribution in [0.25, 0.3) is 0 Å². The van der Waals surface area contributed by atoms with E-state index in [9.17, 15) is 9.90 Å². The van der Waals surface area contributed by atoms with Gasteiger partial charge in [-0.15, -0.1) is 0 Å². The molecule has 0 saturated carbocycles. The van der Waals surface area contributed by atoms with Crippen molar-refractivity contribution in [1.29, 1.82) is 0 Å². The zero-order chi connectivity index (χ0) is 15.1. The third kappa shape index (κ3) is 4.88. The maximum Gasteiger partial charge on any atom is 0.224 e. The minimum atomic E-state index is -0.289. The van der Waals surface area contributed by atoms with Gasteiger partial charge in [0.1, 0.15) is 0 Å². The van der Waals surface area contributed by atoms with E-state index in [-0.39, 0.29) is 25.0 Å². The van der Waals surface area contributed by atoms with Gasteiger partial charge in [-0.3, -0.25) is 4.79 Å². The highest BCUT2D eigenvalue weighted by Gasteiger charge is 2.13. The Morgan fingerprint density at radius 1 is 1.10 bits per heavy atom. The van der Waals surface area contributed by atoms with Crippen LogP contribution in [0.15, 0.2) is 54.6 Å². The van der Waals surface area contributed by atoms with Gasteiger partial charge in [-0.1, -0.05) is 60.1 Å². The highest BCUT2D eigenvalue weighted by atomic mass is 35.5. The van der Waals surface area contributed by atoms with Crippen LogP contribution in [0.5, 0.6) is 0 Å². The van der Waals surface area contributed by atoms with Crippen molar-refractivity contribution in [3.8, 4) is 0 Å². The number of rotatable bonds is 6. The quantitative estimate of drug-likeness (QED) is 0.862. The van der Waals surface area contributed by atoms with Crippen molar-refractivity contribution in [2.45, 2.75) is 18.9 Å². The number of aliphatic hydroxyl groups excluding tert-OH is 1. The first-order valence-electron chi connectivity index (χ1n) is 6.86. The second kappa shape index (κ2) is 7.81. The van der Waals surface area contributed by atoms with Crippen LogP contribution in [-0.2, 0) is 17.6 Å². The average molecular weight is 304 g/mol. The Labute approximate surface area is 129 Å². The van der Waals surface area contributed by atoms with Gasteiger partial charge in [-0.05, 0) is 23.6 Å². The van der Waals surface area contributed by atoms with Gasteiger partial charge in [-0.2, -0.15) is 0 Å². The summed E-state index contributed by atoms with van der Waals surface area (Å²) in [7, 11) is 0. The molecule has 0 aliphatic rings. The fourth-order valence-electron chi connectivity index (χ4n) is 2.15. The van der Waals surface area contributed by atoms with Crippen molar-refractivity contribution in [2.75, 3.05) is 6.61 Å². The van der Waals surface area contributed by atoms with Crippen molar-refractivity contribution in [3.05, 3.63) is 70.7 Å². The molecule has 21 heavy (non-hydrogen) atoms. The molecule has 0 aliphatic carbocycles. The van der Waals surface area contributed by atoms with E-state index in [0.29, 0.717) is 11.4 Å². The number of halogens is 1. The normalized spacial score (nSPS) is 11.9. The minimum Gasteiger partial charge on any atom is -0.394 e. The van der Waals surface area contributed by atoms with Crippen molar-refractivity contribution in [1.82, 2.24) is 5.32 Å². The lowest BCUT2D eigenvalue weighted by atomic mass is 10.1. The maximum absolute atomic E-state index is 12.0. The van der Waals surface area contributed by atoms with Crippen LogP contribution in [0.4, 0.5) is 0 Å².